The number of carbonyl (C=O) groups is 8. The molecule has 0 aliphatic carbocycles. The van der Waals surface area contributed by atoms with Crippen LogP contribution in [0.15, 0.2) is 72.8 Å². The van der Waals surface area contributed by atoms with Crippen LogP contribution in [0, 0.1) is 23.7 Å². The number of Topliss-reactive ketones (excluding diaryl/α,β-unsaturated/α-hetero) is 2. The lowest BCUT2D eigenvalue weighted by molar-refractivity contribution is -0.131. The van der Waals surface area contributed by atoms with Crippen molar-refractivity contribution in [2.45, 2.75) is 78.5 Å². The Morgan fingerprint density at radius 1 is 0.685 bits per heavy atom. The minimum atomic E-state index is -0.864. The van der Waals surface area contributed by atoms with Gasteiger partial charge in [-0.15, -0.1) is 0 Å². The minimum absolute atomic E-state index is 0.00382. The highest BCUT2D eigenvalue weighted by atomic mass is 16.6. The van der Waals surface area contributed by atoms with Crippen molar-refractivity contribution in [3.63, 3.8) is 0 Å². The third-order valence-electron chi connectivity index (χ3n) is 11.1. The molecule has 73 heavy (non-hydrogen) atoms. The molecule has 0 bridgehead atoms. The summed E-state index contributed by atoms with van der Waals surface area (Å²) in [6.07, 6.45) is -0.226. The lowest BCUT2D eigenvalue weighted by Gasteiger charge is -2.26. The van der Waals surface area contributed by atoms with Gasteiger partial charge in [-0.3, -0.25) is 28.8 Å². The predicted octanol–water partition coefficient (Wildman–Crippen LogP) is 3.90. The van der Waals surface area contributed by atoms with E-state index in [4.69, 9.17) is 29.4 Å². The van der Waals surface area contributed by atoms with Gasteiger partial charge in [-0.1, -0.05) is 68.2 Å². The van der Waals surface area contributed by atoms with Crippen LogP contribution < -0.4 is 37.2 Å². The lowest BCUT2D eigenvalue weighted by atomic mass is 9.89. The van der Waals surface area contributed by atoms with Crippen LogP contribution in [-0.2, 0) is 65.6 Å². The number of alkyl carbamates (subject to hydrolysis) is 1. The van der Waals surface area contributed by atoms with Crippen molar-refractivity contribution in [1.82, 2.24) is 21.3 Å². The van der Waals surface area contributed by atoms with E-state index in [-0.39, 0.29) is 108 Å². The van der Waals surface area contributed by atoms with Crippen LogP contribution in [0.3, 0.4) is 0 Å². The third kappa shape index (κ3) is 22.8. The summed E-state index contributed by atoms with van der Waals surface area (Å²) in [5.74, 6) is 3.52. The summed E-state index contributed by atoms with van der Waals surface area (Å²) in [4.78, 5) is 102. The molecular formula is C53H69N7O13. The van der Waals surface area contributed by atoms with Crippen LogP contribution in [0.4, 0.5) is 21.0 Å². The molecule has 7 N–H and O–H groups in total. The molecule has 0 radical (unpaired) electrons. The summed E-state index contributed by atoms with van der Waals surface area (Å²) in [5.41, 5.74) is 9.55. The van der Waals surface area contributed by atoms with E-state index in [0.717, 1.165) is 22.4 Å². The number of hydrogen-bond donors (Lipinski definition) is 6. The molecule has 1 aliphatic heterocycles. The fourth-order valence-corrected chi connectivity index (χ4v) is 7.29. The Bertz CT molecular complexity index is 2370. The summed E-state index contributed by atoms with van der Waals surface area (Å²) in [6, 6.07) is 20.2. The van der Waals surface area contributed by atoms with Gasteiger partial charge in [0.25, 0.3) is 0 Å². The van der Waals surface area contributed by atoms with Crippen LogP contribution in [0.2, 0.25) is 0 Å². The topological polar surface area (TPSA) is 272 Å². The summed E-state index contributed by atoms with van der Waals surface area (Å²) >= 11 is 0. The number of nitrogens with one attached hydrogen (secondary N) is 5. The van der Waals surface area contributed by atoms with Gasteiger partial charge in [-0.25, -0.2) is 9.59 Å². The Morgan fingerprint density at radius 3 is 1.99 bits per heavy atom. The van der Waals surface area contributed by atoms with Crippen molar-refractivity contribution in [1.29, 1.82) is 0 Å². The SMILES string of the molecule is CC(=O)CNC(=O)OCc1ccc(NC(=O)[C@H](CCCNC(N)=O)CC(=O)[C@@H](NC(=O)CCOCCOCCOCCOCCNC(=O)CCC(=O)N2Cc3ccccc3C#Cc3ccccc32)C(C)C)cc1. The molecule has 2 atom stereocenters. The van der Waals surface area contributed by atoms with Gasteiger partial charge < -0.3 is 60.9 Å². The minimum Gasteiger partial charge on any atom is -0.445 e. The Morgan fingerprint density at radius 2 is 1.32 bits per heavy atom. The predicted molar refractivity (Wildman–Crippen MR) is 271 cm³/mol. The summed E-state index contributed by atoms with van der Waals surface area (Å²) < 4.78 is 27.3. The number of anilines is 2. The Labute approximate surface area is 426 Å². The van der Waals surface area contributed by atoms with Crippen molar-refractivity contribution in [2.75, 3.05) is 82.7 Å². The largest absolute Gasteiger partial charge is 0.445 e. The van der Waals surface area contributed by atoms with E-state index in [9.17, 15) is 38.4 Å². The number of para-hydroxylation sites is 1. The number of rotatable bonds is 33. The second-order valence-corrected chi connectivity index (χ2v) is 17.4. The van der Waals surface area contributed by atoms with Crippen molar-refractivity contribution < 1.29 is 62.0 Å². The molecule has 0 fully saturated rings. The van der Waals surface area contributed by atoms with E-state index >= 15 is 0 Å². The Kier molecular flexibility index (Phi) is 26.2. The molecule has 4 rings (SSSR count). The smallest absolute Gasteiger partial charge is 0.407 e. The molecule has 0 unspecified atom stereocenters. The van der Waals surface area contributed by atoms with Gasteiger partial charge in [0.1, 0.15) is 12.4 Å². The molecular weight excluding hydrogens is 943 g/mol. The molecule has 20 heteroatoms. The maximum atomic E-state index is 13.6. The first-order valence-electron chi connectivity index (χ1n) is 24.4. The highest BCUT2D eigenvalue weighted by Gasteiger charge is 2.30. The van der Waals surface area contributed by atoms with Gasteiger partial charge >= 0.3 is 12.1 Å². The lowest BCUT2D eigenvalue weighted by Crippen LogP contribution is -2.45. The molecule has 0 saturated heterocycles. The van der Waals surface area contributed by atoms with Gasteiger partial charge in [-0.2, -0.15) is 0 Å². The molecule has 0 spiro atoms. The number of fused-ring (bicyclic) bond motifs is 2. The van der Waals surface area contributed by atoms with Gasteiger partial charge in [0.15, 0.2) is 5.78 Å². The average Bonchev–Trinajstić information content (AvgIpc) is 3.36. The second kappa shape index (κ2) is 32.7. The number of nitrogens with zero attached hydrogens (tertiary/aromatic N) is 1. The fraction of sp³-hybridized carbons (Fsp3) is 0.472. The Balaban J connectivity index is 1.04. The number of ketones is 2. The van der Waals surface area contributed by atoms with Crippen molar-refractivity contribution in [3.05, 3.63) is 95.1 Å². The standard InChI is InChI=1S/C53H69N7O13/c1-37(2)50(46(62)33-42(12-8-23-56-52(54)67)51(66)58-44-18-14-39(15-19-44)36-73-53(68)57-34-38(3)61)59-48(64)22-25-69-27-29-71-31-32-72-30-28-70-26-24-55-47(63)20-21-49(65)60-35-43-11-5-4-9-40(43)16-17-41-10-6-7-13-45(41)60/h4-7,9-11,13-15,18-19,37,42,50H,8,12,20-36H2,1-3H3,(H,55,63)(H,57,68)(H,58,66)(H,59,64)(H3,54,56,67)/t42-,50+/m1/s1. The van der Waals surface area contributed by atoms with E-state index in [1.165, 1.54) is 6.92 Å². The molecule has 1 aliphatic rings. The number of nitrogens with two attached hydrogens (primary N) is 1. The molecule has 3 aromatic rings. The number of amides is 7. The van der Waals surface area contributed by atoms with E-state index in [1.807, 2.05) is 48.5 Å². The van der Waals surface area contributed by atoms with E-state index < -0.39 is 35.9 Å². The zero-order valence-electron chi connectivity index (χ0n) is 41.9. The van der Waals surface area contributed by atoms with E-state index in [0.29, 0.717) is 57.2 Å². The molecule has 7 amide bonds. The van der Waals surface area contributed by atoms with Crippen LogP contribution in [0.5, 0.6) is 0 Å². The van der Waals surface area contributed by atoms with E-state index in [2.05, 4.69) is 38.4 Å². The van der Waals surface area contributed by atoms with Gasteiger partial charge in [-0.05, 0) is 67.1 Å². The van der Waals surface area contributed by atoms with Gasteiger partial charge in [0, 0.05) is 61.5 Å². The molecule has 394 valence electrons. The fourth-order valence-electron chi connectivity index (χ4n) is 7.29. The van der Waals surface area contributed by atoms with Gasteiger partial charge in [0.2, 0.25) is 23.6 Å². The zero-order chi connectivity index (χ0) is 52.8. The first-order chi connectivity index (χ1) is 35.2. The maximum absolute atomic E-state index is 13.6. The molecule has 3 aromatic carbocycles. The number of carbonyl (C=O) groups excluding carboxylic acids is 8. The first kappa shape index (κ1) is 58.4. The quantitative estimate of drug-likeness (QED) is 0.0374. The second-order valence-electron chi connectivity index (χ2n) is 17.4. The maximum Gasteiger partial charge on any atom is 0.407 e. The molecule has 0 saturated carbocycles. The number of hydrogen-bond acceptors (Lipinski definition) is 13. The average molecular weight is 1010 g/mol. The van der Waals surface area contributed by atoms with Gasteiger partial charge in [0.05, 0.1) is 77.7 Å². The van der Waals surface area contributed by atoms with Crippen LogP contribution in [0.25, 0.3) is 0 Å². The summed E-state index contributed by atoms with van der Waals surface area (Å²) in [6.45, 7) is 7.73. The Hall–Kier alpha value is -7.18. The molecule has 0 aromatic heterocycles. The third-order valence-corrected chi connectivity index (χ3v) is 11.1. The highest BCUT2D eigenvalue weighted by Crippen LogP contribution is 2.26. The summed E-state index contributed by atoms with van der Waals surface area (Å²) in [7, 11) is 0. The monoisotopic (exact) mass is 1010 g/mol. The number of urea groups is 1. The zero-order valence-corrected chi connectivity index (χ0v) is 41.9. The highest BCUT2D eigenvalue weighted by molar-refractivity contribution is 5.98. The van der Waals surface area contributed by atoms with Crippen LogP contribution >= 0.6 is 0 Å². The van der Waals surface area contributed by atoms with Crippen molar-refractivity contribution >= 4 is 58.7 Å². The normalized spacial score (nSPS) is 12.3. The molecule has 20 nitrogen and oxygen atoms in total. The first-order valence-corrected chi connectivity index (χ1v) is 24.4. The number of benzene rings is 3. The van der Waals surface area contributed by atoms with Crippen molar-refractivity contribution in [3.8, 4) is 11.8 Å². The summed E-state index contributed by atoms with van der Waals surface area (Å²) in [5, 5.41) is 13.2. The number of ether oxygens (including phenoxy) is 5. The van der Waals surface area contributed by atoms with Crippen LogP contribution in [0.1, 0.15) is 81.5 Å². The molecule has 1 heterocycles. The van der Waals surface area contributed by atoms with E-state index in [1.54, 1.807) is 43.0 Å². The number of primary amides is 1. The van der Waals surface area contributed by atoms with Crippen molar-refractivity contribution in [2.24, 2.45) is 17.6 Å². The van der Waals surface area contributed by atoms with Crippen LogP contribution in [-0.4, -0.2) is 126 Å².